The van der Waals surface area contributed by atoms with E-state index in [1.54, 1.807) is 0 Å². The van der Waals surface area contributed by atoms with Crippen molar-refractivity contribution in [3.8, 4) is 11.4 Å². The molecule has 5 nitrogen and oxygen atoms in total. The minimum atomic E-state index is 0.117. The molecule has 0 fully saturated rings. The fraction of sp³-hybridized carbons (Fsp3) is 0.286. The molecule has 3 aromatic rings. The number of carbonyl (C=O) groups is 1. The molecule has 0 saturated carbocycles. The number of aryl methyl sites for hydroxylation is 3. The summed E-state index contributed by atoms with van der Waals surface area (Å²) in [6.07, 6.45) is 4.20. The smallest absolute Gasteiger partial charge is 0.227 e. The van der Waals surface area contributed by atoms with E-state index in [0.717, 1.165) is 29.5 Å². The fourth-order valence-corrected chi connectivity index (χ4v) is 3.37. The van der Waals surface area contributed by atoms with E-state index >= 15 is 0 Å². The number of aromatic nitrogens is 2. The molecule has 1 aromatic heterocycles. The van der Waals surface area contributed by atoms with Gasteiger partial charge >= 0.3 is 0 Å². The lowest BCUT2D eigenvalue weighted by Crippen LogP contribution is -2.02. The van der Waals surface area contributed by atoms with Crippen LogP contribution in [0.5, 0.6) is 0 Å². The second-order valence-corrected chi connectivity index (χ2v) is 6.67. The summed E-state index contributed by atoms with van der Waals surface area (Å²) in [6.45, 7) is 0.503. The van der Waals surface area contributed by atoms with E-state index < -0.39 is 0 Å². The minimum absolute atomic E-state index is 0.117. The molecular formula is C21H21N3O2. The predicted octanol–water partition coefficient (Wildman–Crippen LogP) is 3.50. The molecule has 0 bridgehead atoms. The van der Waals surface area contributed by atoms with Crippen LogP contribution < -0.4 is 5.73 Å². The number of hydrogen-bond acceptors (Lipinski definition) is 5. The standard InChI is InChI=1S/C21H21N3O2/c22-13-14-4-6-16(7-5-14)21-23-20(26-24-21)11-10-19(25)18-9-8-15-2-1-3-17(15)12-18/h4-9,12H,1-3,10-11,13,22H2. The van der Waals surface area contributed by atoms with Crippen LogP contribution in [-0.4, -0.2) is 15.9 Å². The van der Waals surface area contributed by atoms with Crippen molar-refractivity contribution in [2.24, 2.45) is 5.73 Å². The van der Waals surface area contributed by atoms with Gasteiger partial charge in [0, 0.05) is 30.5 Å². The van der Waals surface area contributed by atoms with Crippen molar-refractivity contribution in [2.45, 2.75) is 38.6 Å². The van der Waals surface area contributed by atoms with Gasteiger partial charge in [-0.25, -0.2) is 0 Å². The quantitative estimate of drug-likeness (QED) is 0.690. The molecule has 4 rings (SSSR count). The van der Waals surface area contributed by atoms with Gasteiger partial charge in [-0.05, 0) is 42.0 Å². The summed E-state index contributed by atoms with van der Waals surface area (Å²) < 4.78 is 5.30. The Hall–Kier alpha value is -2.79. The van der Waals surface area contributed by atoms with Gasteiger partial charge in [-0.3, -0.25) is 4.79 Å². The lowest BCUT2D eigenvalue weighted by Gasteiger charge is -2.03. The van der Waals surface area contributed by atoms with Crippen LogP contribution in [0.1, 0.15) is 45.8 Å². The Balaban J connectivity index is 1.40. The highest BCUT2D eigenvalue weighted by Gasteiger charge is 2.15. The number of nitrogens with two attached hydrogens (primary N) is 1. The van der Waals surface area contributed by atoms with Crippen molar-refractivity contribution in [1.82, 2.24) is 10.1 Å². The van der Waals surface area contributed by atoms with E-state index in [0.29, 0.717) is 31.1 Å². The van der Waals surface area contributed by atoms with Crippen LogP contribution >= 0.6 is 0 Å². The Labute approximate surface area is 152 Å². The van der Waals surface area contributed by atoms with Gasteiger partial charge in [0.25, 0.3) is 0 Å². The first-order chi connectivity index (χ1) is 12.7. The van der Waals surface area contributed by atoms with E-state index in [-0.39, 0.29) is 5.78 Å². The average molecular weight is 347 g/mol. The van der Waals surface area contributed by atoms with Gasteiger partial charge in [0.2, 0.25) is 11.7 Å². The average Bonchev–Trinajstić information content (AvgIpc) is 3.35. The first-order valence-corrected chi connectivity index (χ1v) is 9.00. The number of Topliss-reactive ketones (excluding diaryl/α,β-unsaturated/α-hetero) is 1. The van der Waals surface area contributed by atoms with Gasteiger partial charge in [0.05, 0.1) is 0 Å². The highest BCUT2D eigenvalue weighted by Crippen LogP contribution is 2.24. The first kappa shape index (κ1) is 16.7. The zero-order chi connectivity index (χ0) is 17.9. The molecular weight excluding hydrogens is 326 g/mol. The van der Waals surface area contributed by atoms with E-state index in [1.165, 1.54) is 17.5 Å². The topological polar surface area (TPSA) is 82.0 Å². The fourth-order valence-electron chi connectivity index (χ4n) is 3.37. The van der Waals surface area contributed by atoms with E-state index in [4.69, 9.17) is 10.3 Å². The van der Waals surface area contributed by atoms with Gasteiger partial charge in [0.1, 0.15) is 0 Å². The predicted molar refractivity (Wildman–Crippen MR) is 98.7 cm³/mol. The number of carbonyl (C=O) groups excluding carboxylic acids is 1. The Morgan fingerprint density at radius 1 is 1.08 bits per heavy atom. The zero-order valence-electron chi connectivity index (χ0n) is 14.6. The maximum atomic E-state index is 12.5. The Morgan fingerprint density at radius 3 is 2.69 bits per heavy atom. The first-order valence-electron chi connectivity index (χ1n) is 9.00. The van der Waals surface area contributed by atoms with Crippen molar-refractivity contribution < 1.29 is 9.32 Å². The molecule has 2 aromatic carbocycles. The van der Waals surface area contributed by atoms with Crippen LogP contribution in [0.2, 0.25) is 0 Å². The molecule has 0 unspecified atom stereocenters. The molecule has 5 heteroatoms. The van der Waals surface area contributed by atoms with Crippen LogP contribution in [0.3, 0.4) is 0 Å². The van der Waals surface area contributed by atoms with Crippen LogP contribution in [0.25, 0.3) is 11.4 Å². The van der Waals surface area contributed by atoms with E-state index in [9.17, 15) is 4.79 Å². The lowest BCUT2D eigenvalue weighted by atomic mass is 10.0. The van der Waals surface area contributed by atoms with Crippen molar-refractivity contribution in [3.05, 3.63) is 70.6 Å². The summed E-state index contributed by atoms with van der Waals surface area (Å²) in [7, 11) is 0. The SMILES string of the molecule is NCc1ccc(-c2noc(CCC(=O)c3ccc4c(c3)CCC4)n2)cc1. The second-order valence-electron chi connectivity index (χ2n) is 6.67. The monoisotopic (exact) mass is 347 g/mol. The zero-order valence-corrected chi connectivity index (χ0v) is 14.6. The number of hydrogen-bond donors (Lipinski definition) is 1. The van der Waals surface area contributed by atoms with Gasteiger partial charge in [0.15, 0.2) is 5.78 Å². The summed E-state index contributed by atoms with van der Waals surface area (Å²) in [5.74, 6) is 1.14. The molecule has 0 radical (unpaired) electrons. The summed E-state index contributed by atoms with van der Waals surface area (Å²) in [6, 6.07) is 13.8. The van der Waals surface area contributed by atoms with Gasteiger partial charge in [-0.2, -0.15) is 4.98 Å². The van der Waals surface area contributed by atoms with Crippen LogP contribution in [-0.2, 0) is 25.8 Å². The van der Waals surface area contributed by atoms with Crippen molar-refractivity contribution in [3.63, 3.8) is 0 Å². The molecule has 132 valence electrons. The van der Waals surface area contributed by atoms with Crippen LogP contribution in [0.15, 0.2) is 47.0 Å². The molecule has 0 aliphatic heterocycles. The number of nitrogens with zero attached hydrogens (tertiary/aromatic N) is 2. The van der Waals surface area contributed by atoms with E-state index in [1.807, 2.05) is 36.4 Å². The minimum Gasteiger partial charge on any atom is -0.339 e. The number of benzene rings is 2. The second kappa shape index (κ2) is 7.22. The Bertz CT molecular complexity index is 929. The van der Waals surface area contributed by atoms with Crippen molar-refractivity contribution in [1.29, 1.82) is 0 Å². The third-order valence-electron chi connectivity index (χ3n) is 4.90. The summed E-state index contributed by atoms with van der Waals surface area (Å²) >= 11 is 0. The van der Waals surface area contributed by atoms with E-state index in [2.05, 4.69) is 16.2 Å². The Kier molecular flexibility index (Phi) is 4.63. The Morgan fingerprint density at radius 2 is 1.88 bits per heavy atom. The van der Waals surface area contributed by atoms with Gasteiger partial charge in [-0.15, -0.1) is 0 Å². The molecule has 0 atom stereocenters. The summed E-state index contributed by atoms with van der Waals surface area (Å²) in [5, 5.41) is 4.01. The number of rotatable bonds is 6. The molecule has 0 spiro atoms. The van der Waals surface area contributed by atoms with Gasteiger partial charge < -0.3 is 10.3 Å². The summed E-state index contributed by atoms with van der Waals surface area (Å²) in [4.78, 5) is 16.9. The molecule has 2 N–H and O–H groups in total. The summed E-state index contributed by atoms with van der Waals surface area (Å²) in [5.41, 5.74) is 11.0. The molecule has 1 heterocycles. The van der Waals surface area contributed by atoms with Crippen molar-refractivity contribution >= 4 is 5.78 Å². The number of ketones is 1. The maximum absolute atomic E-state index is 12.5. The van der Waals surface area contributed by atoms with Crippen LogP contribution in [0, 0.1) is 0 Å². The molecule has 1 aliphatic rings. The largest absolute Gasteiger partial charge is 0.339 e. The van der Waals surface area contributed by atoms with Crippen LogP contribution in [0.4, 0.5) is 0 Å². The lowest BCUT2D eigenvalue weighted by molar-refractivity contribution is 0.0979. The molecule has 1 aliphatic carbocycles. The highest BCUT2D eigenvalue weighted by atomic mass is 16.5. The van der Waals surface area contributed by atoms with Gasteiger partial charge in [-0.1, -0.05) is 41.6 Å². The third-order valence-corrected chi connectivity index (χ3v) is 4.90. The molecule has 0 saturated heterocycles. The highest BCUT2D eigenvalue weighted by molar-refractivity contribution is 5.96. The normalized spacial score (nSPS) is 13.0. The van der Waals surface area contributed by atoms with Crippen molar-refractivity contribution in [2.75, 3.05) is 0 Å². The molecule has 0 amide bonds. The molecule has 26 heavy (non-hydrogen) atoms. The third kappa shape index (κ3) is 3.44. The number of fused-ring (bicyclic) bond motifs is 1. The maximum Gasteiger partial charge on any atom is 0.227 e.